The fourth-order valence-corrected chi connectivity index (χ4v) is 4.79. The minimum Gasteiger partial charge on any atom is -0.423 e. The largest absolute Gasteiger partial charge is 0.423 e. The van der Waals surface area contributed by atoms with Crippen LogP contribution in [0.25, 0.3) is 0 Å². The molecule has 0 unspecified atom stereocenters. The first-order valence-corrected chi connectivity index (χ1v) is 13.7. The van der Waals surface area contributed by atoms with Crippen molar-refractivity contribution in [1.29, 1.82) is 0 Å². The quantitative estimate of drug-likeness (QED) is 0.112. The van der Waals surface area contributed by atoms with Crippen molar-refractivity contribution < 1.29 is 22.7 Å². The number of hydrogen-bond donors (Lipinski definition) is 2. The molecule has 0 saturated heterocycles. The van der Waals surface area contributed by atoms with Crippen LogP contribution in [-0.4, -0.2) is 26.5 Å². The van der Waals surface area contributed by atoms with Crippen LogP contribution in [0.3, 0.4) is 0 Å². The molecule has 0 aliphatic carbocycles. The van der Waals surface area contributed by atoms with E-state index in [1.165, 1.54) is 54.7 Å². The molecule has 0 atom stereocenters. The maximum absolute atomic E-state index is 12.5. The van der Waals surface area contributed by atoms with Crippen molar-refractivity contribution in [1.82, 2.24) is 5.43 Å². The number of ether oxygens (including phenoxy) is 1. The van der Waals surface area contributed by atoms with Crippen LogP contribution >= 0.6 is 27.5 Å². The number of amides is 1. The van der Waals surface area contributed by atoms with Gasteiger partial charge in [-0.15, -0.1) is 0 Å². The molecule has 1 amide bonds. The fraction of sp³-hybridized carbons (Fsp3) is 0. The van der Waals surface area contributed by atoms with E-state index in [1.54, 1.807) is 48.5 Å². The van der Waals surface area contributed by atoms with Gasteiger partial charge in [-0.25, -0.2) is 18.6 Å². The zero-order valence-corrected chi connectivity index (χ0v) is 22.6. The molecule has 0 saturated carbocycles. The van der Waals surface area contributed by atoms with Gasteiger partial charge >= 0.3 is 5.97 Å². The molecule has 2 N–H and O–H groups in total. The first-order chi connectivity index (χ1) is 18.2. The van der Waals surface area contributed by atoms with Crippen LogP contribution < -0.4 is 14.9 Å². The minimum atomic E-state index is -3.80. The Bertz CT molecular complexity index is 1590. The average molecular weight is 613 g/mol. The number of carbonyl (C=O) groups is 2. The molecule has 0 aliphatic heterocycles. The summed E-state index contributed by atoms with van der Waals surface area (Å²) in [6, 6.07) is 25.2. The van der Waals surface area contributed by atoms with Crippen LogP contribution in [0.1, 0.15) is 26.3 Å². The van der Waals surface area contributed by atoms with Gasteiger partial charge in [0.15, 0.2) is 0 Å². The van der Waals surface area contributed by atoms with Crippen molar-refractivity contribution in [3.8, 4) is 5.75 Å². The molecule has 4 aromatic rings. The molecule has 0 heterocycles. The molecule has 8 nitrogen and oxygen atoms in total. The van der Waals surface area contributed by atoms with Gasteiger partial charge in [0.2, 0.25) is 0 Å². The van der Waals surface area contributed by atoms with E-state index in [9.17, 15) is 18.0 Å². The first kappa shape index (κ1) is 27.1. The standard InChI is InChI=1S/C27H19BrClN3O5S/c28-25-4-2-1-3-24(25)27(34)37-22-13-5-18(6-14-22)17-30-31-26(33)19-7-11-21(12-8-19)32-38(35,36)23-15-9-20(29)10-16-23/h1-17,32H,(H,31,33)/b30-17-. The lowest BCUT2D eigenvalue weighted by molar-refractivity contribution is 0.0733. The van der Waals surface area contributed by atoms with Crippen LogP contribution in [0.2, 0.25) is 5.02 Å². The highest BCUT2D eigenvalue weighted by molar-refractivity contribution is 9.10. The van der Waals surface area contributed by atoms with Gasteiger partial charge in [-0.3, -0.25) is 9.52 Å². The number of hydrogen-bond acceptors (Lipinski definition) is 6. The lowest BCUT2D eigenvalue weighted by Crippen LogP contribution is -2.18. The number of benzene rings is 4. The van der Waals surface area contributed by atoms with E-state index in [-0.39, 0.29) is 10.5 Å². The molecule has 0 bridgehead atoms. The Morgan fingerprint density at radius 3 is 2.18 bits per heavy atom. The number of carbonyl (C=O) groups excluding carboxylic acids is 2. The summed E-state index contributed by atoms with van der Waals surface area (Å²) in [7, 11) is -3.80. The molecule has 4 rings (SSSR count). The number of nitrogens with zero attached hydrogens (tertiary/aromatic N) is 1. The van der Waals surface area contributed by atoms with Crippen LogP contribution in [-0.2, 0) is 10.0 Å². The van der Waals surface area contributed by atoms with Crippen molar-refractivity contribution in [3.63, 3.8) is 0 Å². The molecule has 0 aliphatic rings. The smallest absolute Gasteiger partial charge is 0.344 e. The van der Waals surface area contributed by atoms with Crippen LogP contribution in [0.15, 0.2) is 112 Å². The summed E-state index contributed by atoms with van der Waals surface area (Å²) in [6.07, 6.45) is 1.44. The Balaban J connectivity index is 1.31. The monoisotopic (exact) mass is 611 g/mol. The maximum Gasteiger partial charge on any atom is 0.344 e. The molecule has 0 radical (unpaired) electrons. The Morgan fingerprint density at radius 2 is 1.53 bits per heavy atom. The third kappa shape index (κ3) is 7.06. The van der Waals surface area contributed by atoms with Gasteiger partial charge in [-0.05, 0) is 106 Å². The summed E-state index contributed by atoms with van der Waals surface area (Å²) in [5, 5.41) is 4.36. The van der Waals surface area contributed by atoms with Gasteiger partial charge in [-0.2, -0.15) is 5.10 Å². The number of nitrogens with one attached hydrogen (secondary N) is 2. The summed E-state index contributed by atoms with van der Waals surface area (Å²) in [5.74, 6) is -0.610. The van der Waals surface area contributed by atoms with Crippen LogP contribution in [0.5, 0.6) is 5.75 Å². The highest BCUT2D eigenvalue weighted by Crippen LogP contribution is 2.20. The zero-order chi connectivity index (χ0) is 27.1. The lowest BCUT2D eigenvalue weighted by Gasteiger charge is -2.09. The number of halogens is 2. The van der Waals surface area contributed by atoms with E-state index >= 15 is 0 Å². The Labute approximate surface area is 232 Å². The predicted octanol–water partition coefficient (Wildman–Crippen LogP) is 5.89. The average Bonchev–Trinajstić information content (AvgIpc) is 2.90. The van der Waals surface area contributed by atoms with Gasteiger partial charge in [0.25, 0.3) is 15.9 Å². The first-order valence-electron chi connectivity index (χ1n) is 11.0. The molecule has 0 aromatic heterocycles. The zero-order valence-electron chi connectivity index (χ0n) is 19.5. The number of esters is 1. The molecular formula is C27H19BrClN3O5S. The van der Waals surface area contributed by atoms with Crippen LogP contribution in [0.4, 0.5) is 5.69 Å². The maximum atomic E-state index is 12.5. The van der Waals surface area contributed by atoms with Crippen LogP contribution in [0, 0.1) is 0 Å². The third-order valence-electron chi connectivity index (χ3n) is 5.09. The lowest BCUT2D eigenvalue weighted by atomic mass is 10.2. The Hall–Kier alpha value is -3.99. The minimum absolute atomic E-state index is 0.0634. The number of rotatable bonds is 8. The summed E-state index contributed by atoms with van der Waals surface area (Å²) >= 11 is 9.13. The van der Waals surface area contributed by atoms with E-state index in [1.807, 2.05) is 0 Å². The topological polar surface area (TPSA) is 114 Å². The molecule has 192 valence electrons. The second kappa shape index (κ2) is 12.0. The van der Waals surface area contributed by atoms with E-state index in [2.05, 4.69) is 31.2 Å². The van der Waals surface area contributed by atoms with Crippen molar-refractivity contribution in [2.45, 2.75) is 4.90 Å². The van der Waals surface area contributed by atoms with Gasteiger partial charge in [-0.1, -0.05) is 23.7 Å². The van der Waals surface area contributed by atoms with E-state index in [0.29, 0.717) is 32.1 Å². The highest BCUT2D eigenvalue weighted by atomic mass is 79.9. The second-order valence-corrected chi connectivity index (χ2v) is 10.7. The molecule has 0 fully saturated rings. The Kier molecular flexibility index (Phi) is 8.57. The normalized spacial score (nSPS) is 11.2. The molecule has 0 spiro atoms. The predicted molar refractivity (Wildman–Crippen MR) is 149 cm³/mol. The SMILES string of the molecule is O=C(N/N=C\c1ccc(OC(=O)c2ccccc2Br)cc1)c1ccc(NS(=O)(=O)c2ccc(Cl)cc2)cc1. The van der Waals surface area contributed by atoms with E-state index < -0.39 is 21.9 Å². The number of anilines is 1. The van der Waals surface area contributed by atoms with Gasteiger partial charge in [0.1, 0.15) is 5.75 Å². The van der Waals surface area contributed by atoms with Gasteiger partial charge < -0.3 is 4.74 Å². The summed E-state index contributed by atoms with van der Waals surface area (Å²) in [4.78, 5) is 24.8. The molecular weight excluding hydrogens is 594 g/mol. The molecule has 4 aromatic carbocycles. The fourth-order valence-electron chi connectivity index (χ4n) is 3.16. The van der Waals surface area contributed by atoms with Crippen molar-refractivity contribution in [3.05, 3.63) is 123 Å². The molecule has 11 heteroatoms. The van der Waals surface area contributed by atoms with Gasteiger partial charge in [0.05, 0.1) is 16.7 Å². The van der Waals surface area contributed by atoms with Gasteiger partial charge in [0, 0.05) is 20.7 Å². The summed E-state index contributed by atoms with van der Waals surface area (Å²) in [5.41, 5.74) is 4.06. The van der Waals surface area contributed by atoms with Crippen molar-refractivity contribution in [2.75, 3.05) is 4.72 Å². The van der Waals surface area contributed by atoms with E-state index in [0.717, 1.165) is 0 Å². The van der Waals surface area contributed by atoms with Crippen molar-refractivity contribution >= 4 is 61.3 Å². The second-order valence-electron chi connectivity index (χ2n) is 7.77. The number of hydrazone groups is 1. The Morgan fingerprint density at radius 1 is 0.868 bits per heavy atom. The summed E-state index contributed by atoms with van der Waals surface area (Å²) < 4.78 is 33.4. The van der Waals surface area contributed by atoms with Crippen molar-refractivity contribution in [2.24, 2.45) is 5.10 Å². The highest BCUT2D eigenvalue weighted by Gasteiger charge is 2.15. The molecule has 38 heavy (non-hydrogen) atoms. The third-order valence-corrected chi connectivity index (χ3v) is 7.43. The summed E-state index contributed by atoms with van der Waals surface area (Å²) in [6.45, 7) is 0. The number of sulfonamides is 1. The van der Waals surface area contributed by atoms with E-state index in [4.69, 9.17) is 16.3 Å².